The first kappa shape index (κ1) is 21.9. The fraction of sp³-hybridized carbons (Fsp3) is 0.600. The number of hydrogen-bond donors (Lipinski definition) is 2. The van der Waals surface area contributed by atoms with Crippen LogP contribution in [0.4, 0.5) is 0 Å². The second-order valence-corrected chi connectivity index (χ2v) is 9.11. The number of imidazole rings is 1. The predicted molar refractivity (Wildman–Crippen MR) is 127 cm³/mol. The monoisotopic (exact) mass is 422 g/mol. The minimum absolute atomic E-state index is 0.498. The van der Waals surface area contributed by atoms with Crippen molar-refractivity contribution in [3.63, 3.8) is 0 Å². The van der Waals surface area contributed by atoms with Crippen LogP contribution in [-0.4, -0.2) is 53.1 Å². The first-order chi connectivity index (χ1) is 15.3. The van der Waals surface area contributed by atoms with Gasteiger partial charge in [-0.1, -0.05) is 49.6 Å². The van der Waals surface area contributed by atoms with E-state index in [1.807, 2.05) is 19.4 Å². The Kier molecular flexibility index (Phi) is 7.99. The molecule has 1 saturated heterocycles. The molecule has 6 heteroatoms. The summed E-state index contributed by atoms with van der Waals surface area (Å²) in [7, 11) is 1.85. The Balaban J connectivity index is 1.21. The van der Waals surface area contributed by atoms with Gasteiger partial charge in [-0.25, -0.2) is 4.98 Å². The number of aliphatic imine (C=N–C) groups is 1. The molecule has 2 aromatic rings. The van der Waals surface area contributed by atoms with Gasteiger partial charge in [0, 0.05) is 51.7 Å². The summed E-state index contributed by atoms with van der Waals surface area (Å²) in [6.45, 7) is 5.21. The molecule has 0 radical (unpaired) electrons. The second kappa shape index (κ2) is 11.3. The topological polar surface area (TPSA) is 57.5 Å². The van der Waals surface area contributed by atoms with Gasteiger partial charge < -0.3 is 20.1 Å². The van der Waals surface area contributed by atoms with Gasteiger partial charge in [0.2, 0.25) is 0 Å². The van der Waals surface area contributed by atoms with E-state index in [1.54, 1.807) is 0 Å². The van der Waals surface area contributed by atoms with Crippen molar-refractivity contribution in [2.75, 3.05) is 26.7 Å². The van der Waals surface area contributed by atoms with E-state index in [2.05, 4.69) is 60.4 Å². The van der Waals surface area contributed by atoms with Crippen molar-refractivity contribution in [3.05, 3.63) is 54.1 Å². The maximum absolute atomic E-state index is 4.54. The Morgan fingerprint density at radius 2 is 1.84 bits per heavy atom. The Labute approximate surface area is 187 Å². The standard InChI is InChI=1S/C25H38N6/c1-26-25(28-18-24-27-14-17-31(24)20-22-10-6-3-7-11-22)29-23-12-15-30(16-13-23)19-21-8-4-2-5-9-21/h3,6-7,10-11,14,17,21,23H,2,4-5,8-9,12-13,15-16,18-20H2,1H3,(H2,26,28,29). The zero-order valence-electron chi connectivity index (χ0n) is 19.0. The summed E-state index contributed by atoms with van der Waals surface area (Å²) >= 11 is 0. The molecule has 1 aromatic carbocycles. The summed E-state index contributed by atoms with van der Waals surface area (Å²) in [4.78, 5) is 11.7. The lowest BCUT2D eigenvalue weighted by atomic mass is 9.88. The van der Waals surface area contributed by atoms with Crippen molar-refractivity contribution in [1.82, 2.24) is 25.1 Å². The van der Waals surface area contributed by atoms with Gasteiger partial charge in [-0.2, -0.15) is 0 Å². The third-order valence-electron chi connectivity index (χ3n) is 6.80. The van der Waals surface area contributed by atoms with Crippen molar-refractivity contribution < 1.29 is 0 Å². The van der Waals surface area contributed by atoms with Gasteiger partial charge in [0.15, 0.2) is 5.96 Å². The highest BCUT2D eigenvalue weighted by atomic mass is 15.2. The highest BCUT2D eigenvalue weighted by molar-refractivity contribution is 5.79. The lowest BCUT2D eigenvalue weighted by Gasteiger charge is -2.36. The van der Waals surface area contributed by atoms with E-state index in [-0.39, 0.29) is 0 Å². The fourth-order valence-electron chi connectivity index (χ4n) is 4.98. The average Bonchev–Trinajstić information content (AvgIpc) is 3.26. The van der Waals surface area contributed by atoms with Gasteiger partial charge in [0.05, 0.1) is 6.54 Å². The predicted octanol–water partition coefficient (Wildman–Crippen LogP) is 3.64. The van der Waals surface area contributed by atoms with Crippen molar-refractivity contribution in [2.45, 2.75) is 64.1 Å². The first-order valence-electron chi connectivity index (χ1n) is 12.0. The van der Waals surface area contributed by atoms with Crippen LogP contribution in [0, 0.1) is 5.92 Å². The number of hydrogen-bond acceptors (Lipinski definition) is 3. The van der Waals surface area contributed by atoms with Crippen molar-refractivity contribution in [2.24, 2.45) is 10.9 Å². The smallest absolute Gasteiger partial charge is 0.191 e. The van der Waals surface area contributed by atoms with Crippen LogP contribution in [0.2, 0.25) is 0 Å². The third-order valence-corrected chi connectivity index (χ3v) is 6.80. The Hall–Kier alpha value is -2.34. The van der Waals surface area contributed by atoms with Crippen LogP contribution < -0.4 is 10.6 Å². The zero-order valence-corrected chi connectivity index (χ0v) is 19.0. The van der Waals surface area contributed by atoms with E-state index < -0.39 is 0 Å². The maximum Gasteiger partial charge on any atom is 0.191 e. The molecule has 0 unspecified atom stereocenters. The van der Waals surface area contributed by atoms with Crippen molar-refractivity contribution in [1.29, 1.82) is 0 Å². The molecule has 2 aliphatic rings. The molecule has 168 valence electrons. The number of nitrogens with one attached hydrogen (secondary N) is 2. The van der Waals surface area contributed by atoms with E-state index in [4.69, 9.17) is 0 Å². The number of rotatable bonds is 7. The summed E-state index contributed by atoms with van der Waals surface area (Å²) in [6, 6.07) is 11.0. The molecule has 4 rings (SSSR count). The van der Waals surface area contributed by atoms with Crippen LogP contribution in [0.25, 0.3) is 0 Å². The lowest BCUT2D eigenvalue weighted by molar-refractivity contribution is 0.160. The first-order valence-corrected chi connectivity index (χ1v) is 12.0. The van der Waals surface area contributed by atoms with Gasteiger partial charge in [-0.3, -0.25) is 4.99 Å². The summed E-state index contributed by atoms with van der Waals surface area (Å²) in [5.74, 6) is 2.83. The molecule has 6 nitrogen and oxygen atoms in total. The van der Waals surface area contributed by atoms with Gasteiger partial charge in [-0.15, -0.1) is 0 Å². The fourth-order valence-corrected chi connectivity index (χ4v) is 4.98. The van der Waals surface area contributed by atoms with Crippen LogP contribution in [0.1, 0.15) is 56.3 Å². The minimum Gasteiger partial charge on any atom is -0.354 e. The van der Waals surface area contributed by atoms with E-state index in [0.29, 0.717) is 12.6 Å². The number of nitrogens with zero attached hydrogens (tertiary/aromatic N) is 4. The van der Waals surface area contributed by atoms with Crippen LogP contribution in [0.15, 0.2) is 47.7 Å². The minimum atomic E-state index is 0.498. The summed E-state index contributed by atoms with van der Waals surface area (Å²) in [5.41, 5.74) is 1.28. The van der Waals surface area contributed by atoms with Gasteiger partial charge in [0.1, 0.15) is 5.82 Å². The van der Waals surface area contributed by atoms with Crippen LogP contribution in [0.3, 0.4) is 0 Å². The average molecular weight is 423 g/mol. The van der Waals surface area contributed by atoms with E-state index in [9.17, 15) is 0 Å². The Morgan fingerprint density at radius 3 is 2.58 bits per heavy atom. The number of guanidine groups is 1. The lowest BCUT2D eigenvalue weighted by Crippen LogP contribution is -2.49. The highest BCUT2D eigenvalue weighted by Crippen LogP contribution is 2.25. The Bertz CT molecular complexity index is 800. The molecular weight excluding hydrogens is 384 g/mol. The van der Waals surface area contributed by atoms with E-state index >= 15 is 0 Å². The number of likely N-dealkylation sites (tertiary alicyclic amines) is 1. The molecule has 0 amide bonds. The molecule has 0 spiro atoms. The van der Waals surface area contributed by atoms with Crippen molar-refractivity contribution >= 4 is 5.96 Å². The van der Waals surface area contributed by atoms with Gasteiger partial charge >= 0.3 is 0 Å². The largest absolute Gasteiger partial charge is 0.354 e. The third kappa shape index (κ3) is 6.57. The molecule has 1 saturated carbocycles. The zero-order chi connectivity index (χ0) is 21.3. The SMILES string of the molecule is CN=C(NCc1nccn1Cc1ccccc1)NC1CCN(CC2CCCCC2)CC1. The van der Waals surface area contributed by atoms with Gasteiger partial charge in [-0.05, 0) is 37.2 Å². The number of aromatic nitrogens is 2. The van der Waals surface area contributed by atoms with Crippen molar-refractivity contribution in [3.8, 4) is 0 Å². The summed E-state index contributed by atoms with van der Waals surface area (Å²) in [6.07, 6.45) is 13.5. The highest BCUT2D eigenvalue weighted by Gasteiger charge is 2.23. The Morgan fingerprint density at radius 1 is 1.06 bits per heavy atom. The van der Waals surface area contributed by atoms with Crippen LogP contribution >= 0.6 is 0 Å². The molecule has 0 atom stereocenters. The molecule has 1 aliphatic carbocycles. The van der Waals surface area contributed by atoms with E-state index in [0.717, 1.165) is 24.2 Å². The molecular formula is C25H38N6. The molecule has 1 aromatic heterocycles. The summed E-state index contributed by atoms with van der Waals surface area (Å²) < 4.78 is 2.19. The second-order valence-electron chi connectivity index (χ2n) is 9.11. The molecule has 2 N–H and O–H groups in total. The quantitative estimate of drug-likeness (QED) is 0.528. The van der Waals surface area contributed by atoms with E-state index in [1.165, 1.54) is 70.1 Å². The normalized spacial score (nSPS) is 19.5. The number of benzene rings is 1. The molecule has 1 aliphatic heterocycles. The number of piperidine rings is 1. The molecule has 0 bridgehead atoms. The molecule has 2 fully saturated rings. The maximum atomic E-state index is 4.54. The van der Waals surface area contributed by atoms with Crippen LogP contribution in [-0.2, 0) is 13.1 Å². The molecule has 31 heavy (non-hydrogen) atoms. The van der Waals surface area contributed by atoms with Gasteiger partial charge in [0.25, 0.3) is 0 Å². The van der Waals surface area contributed by atoms with Crippen LogP contribution in [0.5, 0.6) is 0 Å². The molecule has 2 heterocycles. The summed E-state index contributed by atoms with van der Waals surface area (Å²) in [5, 5.41) is 7.10.